The molecule has 3 aromatic carbocycles. The molecule has 1 aliphatic rings. The maximum absolute atomic E-state index is 12.9. The van der Waals surface area contributed by atoms with E-state index in [4.69, 9.17) is 0 Å². The maximum atomic E-state index is 12.9. The van der Waals surface area contributed by atoms with Gasteiger partial charge in [-0.15, -0.1) is 0 Å². The highest BCUT2D eigenvalue weighted by molar-refractivity contribution is 9.10. The van der Waals surface area contributed by atoms with Gasteiger partial charge in [0.15, 0.2) is 0 Å². The van der Waals surface area contributed by atoms with Gasteiger partial charge < -0.3 is 5.32 Å². The summed E-state index contributed by atoms with van der Waals surface area (Å²) in [6.45, 7) is 1.67. The number of anilines is 2. The first-order valence-corrected chi connectivity index (χ1v) is 10.2. The van der Waals surface area contributed by atoms with Crippen molar-refractivity contribution in [3.8, 4) is 0 Å². The van der Waals surface area contributed by atoms with Crippen molar-refractivity contribution in [2.24, 2.45) is 0 Å². The number of rotatable bonds is 3. The lowest BCUT2D eigenvalue weighted by molar-refractivity contribution is -0.114. The molecule has 0 fully saturated rings. The topological polar surface area (TPSA) is 66.5 Å². The average Bonchev–Trinajstić information content (AvgIpc) is 2.81. The summed E-state index contributed by atoms with van der Waals surface area (Å²) in [6.07, 6.45) is 0. The Balaban J connectivity index is 1.67. The minimum atomic E-state index is -3.74. The Hall–Kier alpha value is -2.38. The van der Waals surface area contributed by atoms with Crippen molar-refractivity contribution < 1.29 is 13.2 Å². The Labute approximate surface area is 159 Å². The quantitative estimate of drug-likeness (QED) is 0.680. The Morgan fingerprint density at radius 2 is 1.85 bits per heavy atom. The number of hydrogen-bond donors (Lipinski definition) is 1. The molecule has 1 aliphatic heterocycles. The third kappa shape index (κ3) is 2.68. The zero-order chi connectivity index (χ0) is 18.5. The third-order valence-electron chi connectivity index (χ3n) is 4.37. The molecule has 0 radical (unpaired) electrons. The normalized spacial score (nSPS) is 14.6. The highest BCUT2D eigenvalue weighted by Crippen LogP contribution is 2.41. The van der Waals surface area contributed by atoms with Crippen molar-refractivity contribution in [1.29, 1.82) is 0 Å². The molecule has 0 saturated carbocycles. The molecule has 0 aromatic heterocycles. The van der Waals surface area contributed by atoms with E-state index in [2.05, 4.69) is 21.2 Å². The molecule has 0 atom stereocenters. The minimum Gasteiger partial charge on any atom is -0.323 e. The molecule has 7 heteroatoms. The van der Waals surface area contributed by atoms with Crippen molar-refractivity contribution >= 4 is 54.0 Å². The predicted octanol–water partition coefficient (Wildman–Crippen LogP) is 4.06. The Kier molecular flexibility index (Phi) is 4.00. The summed E-state index contributed by atoms with van der Waals surface area (Å²) < 4.78 is 27.7. The summed E-state index contributed by atoms with van der Waals surface area (Å²) >= 11 is 3.41. The van der Waals surface area contributed by atoms with Gasteiger partial charge in [-0.1, -0.05) is 30.3 Å². The van der Waals surface area contributed by atoms with Crippen LogP contribution in [-0.4, -0.2) is 20.9 Å². The molecule has 1 heterocycles. The summed E-state index contributed by atoms with van der Waals surface area (Å²) in [4.78, 5) is 12.8. The molecule has 26 heavy (non-hydrogen) atoms. The van der Waals surface area contributed by atoms with Gasteiger partial charge in [0.2, 0.25) is 5.91 Å². The van der Waals surface area contributed by atoms with Gasteiger partial charge in [-0.25, -0.2) is 8.42 Å². The highest BCUT2D eigenvalue weighted by atomic mass is 79.9. The van der Waals surface area contributed by atoms with Crippen LogP contribution < -0.4 is 9.62 Å². The van der Waals surface area contributed by atoms with Crippen LogP contribution in [0, 0.1) is 6.92 Å². The van der Waals surface area contributed by atoms with Crippen LogP contribution in [0.4, 0.5) is 11.4 Å². The van der Waals surface area contributed by atoms with Crippen LogP contribution in [0.3, 0.4) is 0 Å². The molecular formula is C19H15BrN2O3S. The fourth-order valence-electron chi connectivity index (χ4n) is 3.17. The zero-order valence-electron chi connectivity index (χ0n) is 13.9. The molecule has 5 nitrogen and oxygen atoms in total. The molecule has 0 bridgehead atoms. The summed E-state index contributed by atoms with van der Waals surface area (Å²) in [5, 5.41) is 4.28. The van der Waals surface area contributed by atoms with E-state index in [-0.39, 0.29) is 11.4 Å². The Morgan fingerprint density at radius 3 is 2.58 bits per heavy atom. The van der Waals surface area contributed by atoms with Gasteiger partial charge >= 0.3 is 0 Å². The number of carbonyl (C=O) groups excluding carboxylic acids is 1. The first kappa shape index (κ1) is 17.1. The zero-order valence-corrected chi connectivity index (χ0v) is 16.3. The van der Waals surface area contributed by atoms with Gasteiger partial charge in [-0.05, 0) is 58.1 Å². The van der Waals surface area contributed by atoms with Gasteiger partial charge in [0.25, 0.3) is 10.0 Å². The monoisotopic (exact) mass is 430 g/mol. The lowest BCUT2D eigenvalue weighted by Crippen LogP contribution is -2.35. The number of carbonyl (C=O) groups is 1. The second-order valence-corrected chi connectivity index (χ2v) is 8.86. The van der Waals surface area contributed by atoms with Crippen LogP contribution in [0.1, 0.15) is 5.56 Å². The van der Waals surface area contributed by atoms with Gasteiger partial charge in [-0.3, -0.25) is 9.10 Å². The Morgan fingerprint density at radius 1 is 1.12 bits per heavy atom. The number of sulfonamides is 1. The van der Waals surface area contributed by atoms with Gasteiger partial charge in [-0.2, -0.15) is 0 Å². The van der Waals surface area contributed by atoms with E-state index in [0.717, 1.165) is 15.4 Å². The van der Waals surface area contributed by atoms with E-state index in [0.29, 0.717) is 16.8 Å². The van der Waals surface area contributed by atoms with Crippen LogP contribution in [0.15, 0.2) is 64.0 Å². The van der Waals surface area contributed by atoms with Crippen LogP contribution in [-0.2, 0) is 14.8 Å². The van der Waals surface area contributed by atoms with Crippen LogP contribution >= 0.6 is 15.9 Å². The van der Waals surface area contributed by atoms with Crippen molar-refractivity contribution in [3.63, 3.8) is 0 Å². The van der Waals surface area contributed by atoms with E-state index >= 15 is 0 Å². The maximum Gasteiger partial charge on any atom is 0.265 e. The number of aryl methyl sites for hydroxylation is 1. The third-order valence-corrected chi connectivity index (χ3v) is 6.83. The van der Waals surface area contributed by atoms with Crippen LogP contribution in [0.5, 0.6) is 0 Å². The molecular weight excluding hydrogens is 416 g/mol. The average molecular weight is 431 g/mol. The number of nitrogens with one attached hydrogen (secondary N) is 1. The van der Waals surface area contributed by atoms with Crippen LogP contribution in [0.25, 0.3) is 10.8 Å². The summed E-state index contributed by atoms with van der Waals surface area (Å²) in [5.41, 5.74) is 2.20. The molecule has 0 saturated heterocycles. The number of benzene rings is 3. The molecule has 0 spiro atoms. The molecule has 0 aliphatic carbocycles. The number of halogens is 1. The minimum absolute atomic E-state index is 0.245. The van der Waals surface area contributed by atoms with Crippen molar-refractivity contribution in [2.45, 2.75) is 11.8 Å². The standard InChI is InChI=1S/C19H15BrN2O3S/c1-12-8-9-15(14(20)10-12)21-18(23)11-22-16-6-2-4-13-5-3-7-17(19(13)16)26(22,24)25/h2-10H,11H2,1H3,(H,21,23). The first-order chi connectivity index (χ1) is 12.4. The van der Waals surface area contributed by atoms with E-state index in [1.807, 2.05) is 31.2 Å². The highest BCUT2D eigenvalue weighted by Gasteiger charge is 2.36. The fourth-order valence-corrected chi connectivity index (χ4v) is 5.43. The van der Waals surface area contributed by atoms with Crippen LogP contribution in [0.2, 0.25) is 0 Å². The molecule has 1 amide bonds. The molecule has 3 aromatic rings. The fraction of sp³-hybridized carbons (Fsp3) is 0.105. The van der Waals surface area contributed by atoms with Crippen molar-refractivity contribution in [2.75, 3.05) is 16.2 Å². The molecule has 4 rings (SSSR count). The van der Waals surface area contributed by atoms with Gasteiger partial charge in [0.05, 0.1) is 16.3 Å². The molecule has 0 unspecified atom stereocenters. The smallest absolute Gasteiger partial charge is 0.265 e. The number of nitrogens with zero attached hydrogens (tertiary/aromatic N) is 1. The Bertz CT molecular complexity index is 1150. The first-order valence-electron chi connectivity index (χ1n) is 7.98. The molecule has 1 N–H and O–H groups in total. The lowest BCUT2D eigenvalue weighted by Gasteiger charge is -2.18. The number of amides is 1. The SMILES string of the molecule is Cc1ccc(NC(=O)CN2c3cccc4cccc(c34)S2(=O)=O)c(Br)c1. The van der Waals surface area contributed by atoms with Crippen molar-refractivity contribution in [3.05, 3.63) is 64.6 Å². The number of hydrogen-bond acceptors (Lipinski definition) is 3. The lowest BCUT2D eigenvalue weighted by atomic mass is 10.1. The summed E-state index contributed by atoms with van der Waals surface area (Å²) in [6, 6.07) is 16.1. The summed E-state index contributed by atoms with van der Waals surface area (Å²) in [7, 11) is -3.74. The predicted molar refractivity (Wildman–Crippen MR) is 106 cm³/mol. The second kappa shape index (κ2) is 6.10. The van der Waals surface area contributed by atoms with E-state index < -0.39 is 15.9 Å². The van der Waals surface area contributed by atoms with E-state index in [9.17, 15) is 13.2 Å². The second-order valence-electron chi connectivity index (χ2n) is 6.17. The largest absolute Gasteiger partial charge is 0.323 e. The van der Waals surface area contributed by atoms with Gasteiger partial charge in [0, 0.05) is 9.86 Å². The van der Waals surface area contributed by atoms with E-state index in [1.165, 1.54) is 4.31 Å². The summed E-state index contributed by atoms with van der Waals surface area (Å²) in [5.74, 6) is -0.400. The van der Waals surface area contributed by atoms with Crippen molar-refractivity contribution in [1.82, 2.24) is 0 Å². The van der Waals surface area contributed by atoms with Gasteiger partial charge in [0.1, 0.15) is 6.54 Å². The molecule has 132 valence electrons. The van der Waals surface area contributed by atoms with E-state index in [1.54, 1.807) is 30.3 Å².